The van der Waals surface area contributed by atoms with E-state index in [-0.39, 0.29) is 24.4 Å². The molecular formula is C29H24N2O5. The summed E-state index contributed by atoms with van der Waals surface area (Å²) in [6.07, 6.45) is 1.15. The lowest BCUT2D eigenvalue weighted by Gasteiger charge is -2.31. The largest absolute Gasteiger partial charge is 0.458 e. The van der Waals surface area contributed by atoms with Crippen LogP contribution in [0.1, 0.15) is 52.4 Å². The molecule has 6 rings (SSSR count). The van der Waals surface area contributed by atoms with Crippen molar-refractivity contribution in [3.8, 4) is 11.4 Å². The lowest BCUT2D eigenvalue weighted by Crippen LogP contribution is -2.44. The summed E-state index contributed by atoms with van der Waals surface area (Å²) in [7, 11) is 0. The van der Waals surface area contributed by atoms with Gasteiger partial charge < -0.3 is 14.4 Å². The first-order valence-electron chi connectivity index (χ1n) is 12.1. The molecule has 2 aromatic carbocycles. The van der Waals surface area contributed by atoms with E-state index in [1.54, 1.807) is 17.6 Å². The van der Waals surface area contributed by atoms with Crippen molar-refractivity contribution in [2.24, 2.45) is 0 Å². The quantitative estimate of drug-likeness (QED) is 0.303. The number of nitrogens with zero attached hydrogens (tertiary/aromatic N) is 2. The van der Waals surface area contributed by atoms with E-state index in [9.17, 15) is 19.5 Å². The Balaban J connectivity index is 1.35. The third-order valence-electron chi connectivity index (χ3n) is 7.31. The zero-order chi connectivity index (χ0) is 25.0. The van der Waals surface area contributed by atoms with Crippen molar-refractivity contribution >= 4 is 22.7 Å². The van der Waals surface area contributed by atoms with E-state index in [4.69, 9.17) is 9.72 Å². The van der Waals surface area contributed by atoms with E-state index in [1.165, 1.54) is 0 Å². The maximum atomic E-state index is 13.3. The average Bonchev–Trinajstić information content (AvgIpc) is 3.26. The molecule has 4 heterocycles. The number of aromatic nitrogens is 2. The molecule has 0 saturated carbocycles. The van der Waals surface area contributed by atoms with E-state index >= 15 is 0 Å². The molecule has 1 atom stereocenters. The van der Waals surface area contributed by atoms with Crippen LogP contribution in [-0.4, -0.2) is 26.4 Å². The normalized spacial score (nSPS) is 17.9. The smallest absolute Gasteiger partial charge is 0.343 e. The van der Waals surface area contributed by atoms with Gasteiger partial charge in [-0.3, -0.25) is 9.59 Å². The van der Waals surface area contributed by atoms with Crippen LogP contribution >= 0.6 is 0 Å². The molecule has 2 aliphatic rings. The predicted molar refractivity (Wildman–Crippen MR) is 134 cm³/mol. The lowest BCUT2D eigenvalue weighted by atomic mass is 9.86. The van der Waals surface area contributed by atoms with E-state index in [2.05, 4.69) is 0 Å². The molecule has 1 N–H and O–H groups in total. The standard InChI is InChI=1S/C29H24N2O5/c1-2-29(35)22-14-24-26-20(15-31(24)27(33)21(22)16-36-28(29)34)13-19-12-17(8-10-23(19)30-26)9-11-25(32)18-6-4-3-5-7-18/h3-8,10,12-14,35H,2,9,11,15-16H2,1H3. The van der Waals surface area contributed by atoms with E-state index in [0.717, 1.165) is 22.0 Å². The fraction of sp³-hybridized carbons (Fsp3) is 0.241. The van der Waals surface area contributed by atoms with Crippen LogP contribution in [0.15, 0.2) is 65.5 Å². The van der Waals surface area contributed by atoms with Crippen LogP contribution in [-0.2, 0) is 34.7 Å². The van der Waals surface area contributed by atoms with Gasteiger partial charge in [-0.25, -0.2) is 9.78 Å². The first-order chi connectivity index (χ1) is 17.4. The predicted octanol–water partition coefficient (Wildman–Crippen LogP) is 3.90. The van der Waals surface area contributed by atoms with Crippen LogP contribution in [0.3, 0.4) is 0 Å². The minimum absolute atomic E-state index is 0.106. The number of carbonyl (C=O) groups is 2. The van der Waals surface area contributed by atoms with Gasteiger partial charge in [-0.05, 0) is 42.7 Å². The van der Waals surface area contributed by atoms with Crippen LogP contribution in [0, 0.1) is 0 Å². The number of benzene rings is 2. The number of hydrogen-bond donors (Lipinski definition) is 1. The zero-order valence-corrected chi connectivity index (χ0v) is 19.8. The maximum absolute atomic E-state index is 13.3. The van der Waals surface area contributed by atoms with Crippen molar-refractivity contribution in [3.05, 3.63) is 98.8 Å². The first kappa shape index (κ1) is 22.4. The molecule has 0 amide bonds. The molecule has 180 valence electrons. The number of rotatable bonds is 5. The Labute approximate surface area is 207 Å². The highest BCUT2D eigenvalue weighted by Gasteiger charge is 2.45. The number of esters is 1. The highest BCUT2D eigenvalue weighted by molar-refractivity contribution is 5.96. The lowest BCUT2D eigenvalue weighted by molar-refractivity contribution is -0.172. The zero-order valence-electron chi connectivity index (χ0n) is 19.8. The summed E-state index contributed by atoms with van der Waals surface area (Å²) < 4.78 is 6.76. The second-order valence-corrected chi connectivity index (χ2v) is 9.42. The van der Waals surface area contributed by atoms with Crippen LogP contribution in [0.4, 0.5) is 0 Å². The minimum atomic E-state index is -1.84. The molecule has 7 heteroatoms. The van der Waals surface area contributed by atoms with Crippen molar-refractivity contribution in [1.82, 2.24) is 9.55 Å². The highest BCUT2D eigenvalue weighted by atomic mass is 16.6. The van der Waals surface area contributed by atoms with Gasteiger partial charge in [0, 0.05) is 28.5 Å². The maximum Gasteiger partial charge on any atom is 0.343 e. The summed E-state index contributed by atoms with van der Waals surface area (Å²) in [5.41, 5.74) is 3.20. The molecule has 1 unspecified atom stereocenters. The number of carbonyl (C=O) groups excluding carboxylic acids is 2. The SMILES string of the molecule is CCC1(O)C(=O)OCc2c1cc1n(c2=O)Cc2cc3cc(CCC(=O)c4ccccc4)ccc3nc2-1. The Hall–Kier alpha value is -4.10. The van der Waals surface area contributed by atoms with Gasteiger partial charge in [0.25, 0.3) is 5.56 Å². The third kappa shape index (κ3) is 3.38. The molecule has 0 saturated heterocycles. The molecule has 2 aliphatic heterocycles. The summed E-state index contributed by atoms with van der Waals surface area (Å²) in [5.74, 6) is -0.624. The summed E-state index contributed by atoms with van der Waals surface area (Å²) in [6.45, 7) is 1.90. The second-order valence-electron chi connectivity index (χ2n) is 9.42. The van der Waals surface area contributed by atoms with Crippen molar-refractivity contribution < 1.29 is 19.4 Å². The molecule has 36 heavy (non-hydrogen) atoms. The third-order valence-corrected chi connectivity index (χ3v) is 7.31. The number of ether oxygens (including phenoxy) is 1. The molecular weight excluding hydrogens is 456 g/mol. The first-order valence-corrected chi connectivity index (χ1v) is 12.1. The van der Waals surface area contributed by atoms with Crippen molar-refractivity contribution in [2.45, 2.75) is 44.9 Å². The summed E-state index contributed by atoms with van der Waals surface area (Å²) in [4.78, 5) is 43.0. The van der Waals surface area contributed by atoms with Crippen molar-refractivity contribution in [2.75, 3.05) is 0 Å². The van der Waals surface area contributed by atoms with Crippen LogP contribution in [0.25, 0.3) is 22.3 Å². The topological polar surface area (TPSA) is 98.5 Å². The molecule has 0 fully saturated rings. The number of Topliss-reactive ketones (excluding diaryl/α,β-unsaturated/α-hetero) is 1. The van der Waals surface area contributed by atoms with Gasteiger partial charge in [-0.2, -0.15) is 0 Å². The van der Waals surface area contributed by atoms with Crippen LogP contribution in [0.2, 0.25) is 0 Å². The highest BCUT2D eigenvalue weighted by Crippen LogP contribution is 2.38. The molecule has 2 aromatic heterocycles. The number of fused-ring (bicyclic) bond motifs is 5. The van der Waals surface area contributed by atoms with Crippen molar-refractivity contribution in [3.63, 3.8) is 0 Å². The molecule has 0 radical (unpaired) electrons. The average molecular weight is 481 g/mol. The number of cyclic esters (lactones) is 1. The van der Waals surface area contributed by atoms with Gasteiger partial charge >= 0.3 is 5.97 Å². The Bertz CT molecular complexity index is 1620. The van der Waals surface area contributed by atoms with Crippen LogP contribution in [0.5, 0.6) is 0 Å². The Morgan fingerprint density at radius 2 is 1.92 bits per heavy atom. The molecule has 0 aliphatic carbocycles. The van der Waals surface area contributed by atoms with Gasteiger partial charge in [0.2, 0.25) is 0 Å². The Kier molecular flexibility index (Phi) is 5.12. The van der Waals surface area contributed by atoms with E-state index < -0.39 is 11.6 Å². The number of aryl methyl sites for hydroxylation is 1. The monoisotopic (exact) mass is 480 g/mol. The number of hydrogen-bond acceptors (Lipinski definition) is 6. The molecule has 4 aromatic rings. The number of ketones is 1. The Morgan fingerprint density at radius 3 is 2.69 bits per heavy atom. The van der Waals surface area contributed by atoms with Crippen molar-refractivity contribution in [1.29, 1.82) is 0 Å². The van der Waals surface area contributed by atoms with E-state index in [1.807, 2.05) is 54.6 Å². The summed E-state index contributed by atoms with van der Waals surface area (Å²) >= 11 is 0. The summed E-state index contributed by atoms with van der Waals surface area (Å²) in [6, 6.07) is 19.0. The fourth-order valence-corrected chi connectivity index (χ4v) is 5.22. The van der Waals surface area contributed by atoms with Gasteiger partial charge in [-0.1, -0.05) is 43.3 Å². The molecule has 7 nitrogen and oxygen atoms in total. The fourth-order valence-electron chi connectivity index (χ4n) is 5.22. The Morgan fingerprint density at radius 1 is 1.11 bits per heavy atom. The summed E-state index contributed by atoms with van der Waals surface area (Å²) in [5, 5.41) is 11.9. The van der Waals surface area contributed by atoms with Gasteiger partial charge in [-0.15, -0.1) is 0 Å². The van der Waals surface area contributed by atoms with Gasteiger partial charge in [0.1, 0.15) is 6.61 Å². The van der Waals surface area contributed by atoms with Gasteiger partial charge in [0.15, 0.2) is 11.4 Å². The van der Waals surface area contributed by atoms with Gasteiger partial charge in [0.05, 0.1) is 29.0 Å². The molecule has 0 bridgehead atoms. The number of pyridine rings is 2. The van der Waals surface area contributed by atoms with E-state index in [0.29, 0.717) is 47.5 Å². The minimum Gasteiger partial charge on any atom is -0.458 e. The number of aliphatic hydroxyl groups is 1. The molecule has 0 spiro atoms. The second kappa shape index (κ2) is 8.24. The van der Waals surface area contributed by atoms with Crippen LogP contribution < -0.4 is 5.56 Å².